The van der Waals surface area contributed by atoms with Crippen molar-refractivity contribution in [3.63, 3.8) is 0 Å². The van der Waals surface area contributed by atoms with Gasteiger partial charge in [0.25, 0.3) is 0 Å². The minimum atomic E-state index is -4.20. The van der Waals surface area contributed by atoms with Crippen molar-refractivity contribution in [3.05, 3.63) is 0 Å². The molecule has 0 aromatic rings. The first-order valence-corrected chi connectivity index (χ1v) is 24.6. The van der Waals surface area contributed by atoms with Crippen molar-refractivity contribution in [2.75, 3.05) is 6.61 Å². The van der Waals surface area contributed by atoms with E-state index in [9.17, 15) is 24.6 Å². The van der Waals surface area contributed by atoms with Crippen LogP contribution in [-0.4, -0.2) is 56.4 Å². The molecule has 310 valence electrons. The van der Waals surface area contributed by atoms with E-state index in [4.69, 9.17) is 9.47 Å². The quantitative estimate of drug-likeness (QED) is 0.0640. The first-order chi connectivity index (χ1) is 25.3. The molecular formula is C45H83O7P. The highest BCUT2D eigenvalue weighted by Gasteiger charge is 2.63. The maximum absolute atomic E-state index is 13.3. The van der Waals surface area contributed by atoms with Gasteiger partial charge < -0.3 is 29.5 Å². The molecule has 4 saturated carbocycles. The summed E-state index contributed by atoms with van der Waals surface area (Å²) in [5, 5.41) is 18.6. The van der Waals surface area contributed by atoms with Crippen molar-refractivity contribution in [2.24, 2.45) is 46.3 Å². The van der Waals surface area contributed by atoms with Gasteiger partial charge in [0.2, 0.25) is 0 Å². The van der Waals surface area contributed by atoms with Crippen LogP contribution in [0.4, 0.5) is 0 Å². The zero-order valence-electron chi connectivity index (χ0n) is 34.8. The zero-order valence-corrected chi connectivity index (χ0v) is 35.7. The van der Waals surface area contributed by atoms with Crippen LogP contribution in [0, 0.1) is 46.3 Å². The summed E-state index contributed by atoms with van der Waals surface area (Å²) in [5.74, 6) is 4.59. The Labute approximate surface area is 325 Å². The third kappa shape index (κ3) is 10.2. The van der Waals surface area contributed by atoms with Gasteiger partial charge in [-0.1, -0.05) is 118 Å². The molecule has 0 aromatic carbocycles. The molecule has 13 atom stereocenters. The molecule has 5 fully saturated rings. The van der Waals surface area contributed by atoms with Gasteiger partial charge in [0.15, 0.2) is 6.29 Å². The number of unbranched alkanes of at least 4 members (excludes halogenated alkanes) is 9. The van der Waals surface area contributed by atoms with Crippen molar-refractivity contribution >= 4 is 7.60 Å². The second-order valence-electron chi connectivity index (χ2n) is 19.8. The van der Waals surface area contributed by atoms with E-state index in [0.29, 0.717) is 24.2 Å². The van der Waals surface area contributed by atoms with Gasteiger partial charge in [-0.25, -0.2) is 0 Å². The van der Waals surface area contributed by atoms with E-state index in [0.717, 1.165) is 100 Å². The van der Waals surface area contributed by atoms with E-state index >= 15 is 0 Å². The van der Waals surface area contributed by atoms with E-state index in [2.05, 4.69) is 34.6 Å². The SMILES string of the molecule is CCCCC(CCCCCCCCCCCC1(P(=O)(O)O)CC[C@@]2(C)C(CCC3C2CC[C@@]2(C)C3CC[C@@H]2[C@H](C)CCC)C1)OC1C[C@H](O)[C@@H](CO)O1. The van der Waals surface area contributed by atoms with Gasteiger partial charge in [-0.05, 0) is 123 Å². The number of aliphatic hydroxyl groups is 2. The Bertz CT molecular complexity index is 1150. The second-order valence-corrected chi connectivity index (χ2v) is 21.9. The smallest absolute Gasteiger partial charge is 0.331 e. The summed E-state index contributed by atoms with van der Waals surface area (Å²) in [7, 11) is -4.20. The average molecular weight is 767 g/mol. The van der Waals surface area contributed by atoms with Crippen LogP contribution >= 0.6 is 7.60 Å². The lowest BCUT2D eigenvalue weighted by molar-refractivity contribution is -0.171. The Hall–Kier alpha value is -0.0100. The van der Waals surface area contributed by atoms with Crippen LogP contribution in [0.5, 0.6) is 0 Å². The highest BCUT2D eigenvalue weighted by Crippen LogP contribution is 2.72. The summed E-state index contributed by atoms with van der Waals surface area (Å²) >= 11 is 0. The lowest BCUT2D eigenvalue weighted by atomic mass is 9.43. The van der Waals surface area contributed by atoms with Gasteiger partial charge >= 0.3 is 7.60 Å². The first-order valence-electron chi connectivity index (χ1n) is 23.0. The second kappa shape index (κ2) is 19.6. The molecule has 8 heteroatoms. The normalized spacial score (nSPS) is 39.7. The van der Waals surface area contributed by atoms with Crippen LogP contribution in [0.3, 0.4) is 0 Å². The molecule has 1 saturated heterocycles. The van der Waals surface area contributed by atoms with Crippen molar-refractivity contribution < 1.29 is 34.0 Å². The molecule has 7 unspecified atom stereocenters. The maximum Gasteiger partial charge on any atom is 0.331 e. The maximum atomic E-state index is 13.3. The van der Waals surface area contributed by atoms with Crippen LogP contribution in [0.2, 0.25) is 0 Å². The monoisotopic (exact) mass is 767 g/mol. The van der Waals surface area contributed by atoms with Gasteiger partial charge in [-0.15, -0.1) is 0 Å². The molecule has 0 radical (unpaired) electrons. The molecule has 5 aliphatic rings. The number of aliphatic hydroxyl groups excluding tert-OH is 2. The molecular weight excluding hydrogens is 683 g/mol. The number of rotatable bonds is 22. The summed E-state index contributed by atoms with van der Waals surface area (Å²) < 4.78 is 25.2. The fraction of sp³-hybridized carbons (Fsp3) is 1.00. The van der Waals surface area contributed by atoms with Gasteiger partial charge in [0, 0.05) is 6.42 Å². The van der Waals surface area contributed by atoms with Crippen LogP contribution in [-0.2, 0) is 14.0 Å². The Morgan fingerprint density at radius 3 is 2.08 bits per heavy atom. The Morgan fingerprint density at radius 1 is 0.774 bits per heavy atom. The summed E-state index contributed by atoms with van der Waals surface area (Å²) in [4.78, 5) is 21.8. The Morgan fingerprint density at radius 2 is 1.43 bits per heavy atom. The highest BCUT2D eigenvalue weighted by atomic mass is 31.2. The number of hydrogen-bond acceptors (Lipinski definition) is 5. The minimum absolute atomic E-state index is 0.150. The minimum Gasteiger partial charge on any atom is -0.394 e. The summed E-state index contributed by atoms with van der Waals surface area (Å²) in [6, 6.07) is 0. The number of hydrogen-bond donors (Lipinski definition) is 4. The van der Waals surface area contributed by atoms with Crippen LogP contribution in [0.1, 0.15) is 202 Å². The molecule has 0 aromatic heterocycles. The largest absolute Gasteiger partial charge is 0.394 e. The van der Waals surface area contributed by atoms with Crippen molar-refractivity contribution in [1.29, 1.82) is 0 Å². The molecule has 1 heterocycles. The lowest BCUT2D eigenvalue weighted by Crippen LogP contribution is -2.56. The number of ether oxygens (including phenoxy) is 2. The first kappa shape index (κ1) is 44.1. The molecule has 53 heavy (non-hydrogen) atoms. The third-order valence-electron chi connectivity index (χ3n) is 16.7. The van der Waals surface area contributed by atoms with Gasteiger partial charge in [0.05, 0.1) is 24.0 Å². The van der Waals surface area contributed by atoms with Crippen LogP contribution < -0.4 is 0 Å². The molecule has 5 rings (SSSR count). The predicted molar refractivity (Wildman–Crippen MR) is 216 cm³/mol. The van der Waals surface area contributed by atoms with E-state index in [1.807, 2.05) is 0 Å². The van der Waals surface area contributed by atoms with E-state index in [1.165, 1.54) is 83.5 Å². The van der Waals surface area contributed by atoms with Gasteiger partial charge in [-0.2, -0.15) is 0 Å². The van der Waals surface area contributed by atoms with Gasteiger partial charge in [-0.3, -0.25) is 4.57 Å². The Balaban J connectivity index is 1.00. The van der Waals surface area contributed by atoms with Crippen molar-refractivity contribution in [3.8, 4) is 0 Å². The van der Waals surface area contributed by atoms with Crippen molar-refractivity contribution in [1.82, 2.24) is 0 Å². The number of fused-ring (bicyclic) bond motifs is 5. The molecule has 0 spiro atoms. The lowest BCUT2D eigenvalue weighted by Gasteiger charge is -2.63. The van der Waals surface area contributed by atoms with E-state index < -0.39 is 31.2 Å². The fourth-order valence-corrected chi connectivity index (χ4v) is 14.8. The molecule has 7 nitrogen and oxygen atoms in total. The van der Waals surface area contributed by atoms with Crippen molar-refractivity contribution in [2.45, 2.75) is 231 Å². The van der Waals surface area contributed by atoms with E-state index in [1.54, 1.807) is 0 Å². The average Bonchev–Trinajstić information content (AvgIpc) is 3.67. The Kier molecular flexibility index (Phi) is 16.3. The third-order valence-corrected chi connectivity index (χ3v) is 18.6. The molecule has 4 aliphatic carbocycles. The standard InChI is InChI=1S/C45H83O7P/c1-6-8-19-35(51-42-30-40(47)41(32-46)52-42)20-16-14-12-10-9-11-13-15-17-26-45(53(48,49)50)29-28-43(4)34(31-45)21-22-36-38-24-23-37(33(3)18-7-2)44(38,5)27-25-39(36)43/h33-42,46-47H,6-32H2,1-5H3,(H2,48,49,50)/t33-,34?,35?,36?,37-,38?,39?,40+,41-,42?,43+,44-,45?/m1/s1. The molecule has 0 amide bonds. The fourth-order valence-electron chi connectivity index (χ4n) is 13.5. The zero-order chi connectivity index (χ0) is 38.3. The summed E-state index contributed by atoms with van der Waals surface area (Å²) in [6.07, 6.45) is 27.6. The van der Waals surface area contributed by atoms with Crippen LogP contribution in [0.25, 0.3) is 0 Å². The van der Waals surface area contributed by atoms with Gasteiger partial charge in [0.1, 0.15) is 6.10 Å². The topological polar surface area (TPSA) is 116 Å². The van der Waals surface area contributed by atoms with Crippen LogP contribution in [0.15, 0.2) is 0 Å². The highest BCUT2D eigenvalue weighted by molar-refractivity contribution is 7.53. The molecule has 1 aliphatic heterocycles. The van der Waals surface area contributed by atoms with E-state index in [-0.39, 0.29) is 18.1 Å². The molecule has 4 N–H and O–H groups in total. The molecule has 0 bridgehead atoms. The summed E-state index contributed by atoms with van der Waals surface area (Å²) in [6.45, 7) is 12.1. The summed E-state index contributed by atoms with van der Waals surface area (Å²) in [5.41, 5.74) is 0.747. The predicted octanol–water partition coefficient (Wildman–Crippen LogP) is 11.3.